The van der Waals surface area contributed by atoms with E-state index in [1.165, 1.54) is 0 Å². The molecule has 6 heterocycles. The predicted molar refractivity (Wildman–Crippen MR) is 230 cm³/mol. The van der Waals surface area contributed by atoms with Crippen molar-refractivity contribution in [3.63, 3.8) is 0 Å². The average Bonchev–Trinajstić information content (AvgIpc) is 3.57. The number of carbonyl (C=O) groups excluding carboxylic acids is 1. The Morgan fingerprint density at radius 1 is 0.887 bits per heavy atom. The number of carbonyl (C=O) groups is 1. The molecule has 0 aromatic rings. The molecule has 0 aromatic carbocycles. The van der Waals surface area contributed by atoms with Crippen LogP contribution in [0.3, 0.4) is 0 Å². The van der Waals surface area contributed by atoms with Gasteiger partial charge in [0.25, 0.3) is 0 Å². The molecule has 2 bridgehead atoms. The third-order valence-corrected chi connectivity index (χ3v) is 14.3. The summed E-state index contributed by atoms with van der Waals surface area (Å²) in [5, 5.41) is 27.0. The van der Waals surface area contributed by atoms with Gasteiger partial charge in [0.2, 0.25) is 0 Å². The summed E-state index contributed by atoms with van der Waals surface area (Å²) in [7, 11) is 5.30. The standard InChI is InChI=1S/C48H73NO13/c1-25(2)42-28(5)17-18-47(62-42)23-34-20-33(61-47)16-15-27(4)43(26(3)13-12-14-32-24-55-45-41(50)29(6)19-35(46(51)58-34)48(32,45)52)59-39-22-37(54-11)44(31(8)57-39)60-38-21-36(53-10)40(49-9)30(7)56-38/h12-15,17-19,25-26,28,30-31,33-45,49-50,52H,16,20-24H2,1-11H3/b13-12+,27-15+,32-14+/t26-,28-,30-,31-,33+,34-,35-,36-,37-,38-,39-,40+,41+,42?,43-,44-,45+,47+,48+/m0/s1. The van der Waals surface area contributed by atoms with E-state index in [9.17, 15) is 15.0 Å². The lowest BCUT2D eigenvalue weighted by Gasteiger charge is -2.48. The van der Waals surface area contributed by atoms with Crippen molar-refractivity contribution < 1.29 is 62.4 Å². The zero-order valence-corrected chi connectivity index (χ0v) is 38.6. The maximum absolute atomic E-state index is 14.3. The third-order valence-electron chi connectivity index (χ3n) is 14.3. The Kier molecular flexibility index (Phi) is 15.1. The van der Waals surface area contributed by atoms with Gasteiger partial charge in [0.15, 0.2) is 18.4 Å². The van der Waals surface area contributed by atoms with Crippen LogP contribution < -0.4 is 5.32 Å². The number of ether oxygens (including phenoxy) is 10. The number of hydrogen-bond donors (Lipinski definition) is 3. The van der Waals surface area contributed by atoms with Crippen LogP contribution in [0.25, 0.3) is 0 Å². The maximum Gasteiger partial charge on any atom is 0.316 e. The van der Waals surface area contributed by atoms with E-state index in [0.717, 1.165) is 5.57 Å². The van der Waals surface area contributed by atoms with Gasteiger partial charge >= 0.3 is 5.97 Å². The highest BCUT2D eigenvalue weighted by Gasteiger charge is 2.60. The van der Waals surface area contributed by atoms with E-state index in [-0.39, 0.29) is 67.0 Å². The number of methoxy groups -OCH3 is 2. The molecule has 4 saturated heterocycles. The topological polar surface area (TPSA) is 162 Å². The second-order valence-corrected chi connectivity index (χ2v) is 19.1. The minimum absolute atomic E-state index is 0.0407. The number of hydrogen-bond acceptors (Lipinski definition) is 14. The van der Waals surface area contributed by atoms with E-state index in [0.29, 0.717) is 43.3 Å². The molecular weight excluding hydrogens is 799 g/mol. The molecule has 4 fully saturated rings. The van der Waals surface area contributed by atoms with E-state index >= 15 is 0 Å². The molecular formula is C48H73NO13. The third kappa shape index (κ3) is 9.64. The molecule has 1 spiro atoms. The molecule has 0 saturated carbocycles. The molecule has 348 valence electrons. The highest BCUT2D eigenvalue weighted by atomic mass is 16.7. The number of allylic oxidation sites excluding steroid dienone is 2. The van der Waals surface area contributed by atoms with E-state index in [1.807, 2.05) is 39.1 Å². The van der Waals surface area contributed by atoms with Crippen LogP contribution in [-0.2, 0) is 52.2 Å². The van der Waals surface area contributed by atoms with Crippen molar-refractivity contribution in [3.8, 4) is 0 Å². The van der Waals surface area contributed by atoms with Gasteiger partial charge < -0.3 is 62.9 Å². The van der Waals surface area contributed by atoms with Crippen molar-refractivity contribution in [2.45, 2.75) is 185 Å². The largest absolute Gasteiger partial charge is 0.462 e. The molecule has 19 atom stereocenters. The van der Waals surface area contributed by atoms with E-state index in [4.69, 9.17) is 47.4 Å². The van der Waals surface area contributed by atoms with Crippen LogP contribution >= 0.6 is 0 Å². The van der Waals surface area contributed by atoms with Crippen LogP contribution in [0.2, 0.25) is 0 Å². The van der Waals surface area contributed by atoms with Crippen molar-refractivity contribution in [1.82, 2.24) is 5.32 Å². The van der Waals surface area contributed by atoms with E-state index < -0.39 is 66.4 Å². The van der Waals surface area contributed by atoms with Crippen LogP contribution in [0.4, 0.5) is 0 Å². The normalized spacial score (nSPS) is 48.7. The molecule has 0 aromatic heterocycles. The summed E-state index contributed by atoms with van der Waals surface area (Å²) in [6.45, 7) is 16.3. The van der Waals surface area contributed by atoms with Crippen LogP contribution in [0, 0.1) is 23.7 Å². The lowest BCUT2D eigenvalue weighted by atomic mass is 9.71. The van der Waals surface area contributed by atoms with Crippen LogP contribution in [0.15, 0.2) is 59.3 Å². The molecule has 0 amide bonds. The molecule has 7 rings (SSSR count). The first-order valence-electron chi connectivity index (χ1n) is 22.9. The van der Waals surface area contributed by atoms with Gasteiger partial charge in [-0.25, -0.2) is 0 Å². The molecule has 14 heteroatoms. The Bertz CT molecular complexity index is 1730. The van der Waals surface area contributed by atoms with Crippen molar-refractivity contribution in [1.29, 1.82) is 0 Å². The second kappa shape index (κ2) is 19.7. The Labute approximate surface area is 368 Å². The van der Waals surface area contributed by atoms with Gasteiger partial charge in [-0.3, -0.25) is 4.79 Å². The monoisotopic (exact) mass is 872 g/mol. The number of esters is 1. The first-order valence-corrected chi connectivity index (χ1v) is 22.9. The summed E-state index contributed by atoms with van der Waals surface area (Å²) in [4.78, 5) is 14.3. The molecule has 6 aliphatic heterocycles. The van der Waals surface area contributed by atoms with Crippen LogP contribution in [0.1, 0.15) is 87.5 Å². The SMILES string of the molecule is CN[C@@H]1[C@H](C)O[C@@H](O[C@H]2[C@H](C)O[C@@H](O[C@@H]3/C(C)=C/C[C@@H]4C[C@@H](C[C@]5(C=C[C@H](C)C(C(C)C)O5)O4)OC(=O)[C@@H]4C=C(C)[C@@H](O)[C@H]5OC/C(=C\C=C\[C@@H]3C)[C@]54O)C[C@@H]2OC)C[C@@H]1OC. The molecule has 62 heavy (non-hydrogen) atoms. The van der Waals surface area contributed by atoms with Crippen molar-refractivity contribution in [2.24, 2.45) is 23.7 Å². The Hall–Kier alpha value is -2.31. The van der Waals surface area contributed by atoms with Crippen molar-refractivity contribution >= 4 is 5.97 Å². The summed E-state index contributed by atoms with van der Waals surface area (Å²) in [5.74, 6) is -2.56. The molecule has 0 radical (unpaired) electrons. The minimum atomic E-state index is -1.83. The summed E-state index contributed by atoms with van der Waals surface area (Å²) in [6.07, 6.45) is 9.72. The van der Waals surface area contributed by atoms with Gasteiger partial charge in [-0.1, -0.05) is 64.2 Å². The zero-order valence-electron chi connectivity index (χ0n) is 38.6. The van der Waals surface area contributed by atoms with Crippen molar-refractivity contribution in [2.75, 3.05) is 27.9 Å². The number of rotatable bonds is 8. The molecule has 1 unspecified atom stereocenters. The molecule has 7 aliphatic rings. The number of aliphatic hydroxyl groups excluding tert-OH is 1. The van der Waals surface area contributed by atoms with Crippen molar-refractivity contribution in [3.05, 3.63) is 59.3 Å². The minimum Gasteiger partial charge on any atom is -0.462 e. The smallest absolute Gasteiger partial charge is 0.316 e. The lowest BCUT2D eigenvalue weighted by Crippen LogP contribution is -2.58. The van der Waals surface area contributed by atoms with E-state index in [1.54, 1.807) is 33.3 Å². The van der Waals surface area contributed by atoms with Gasteiger partial charge in [0.1, 0.15) is 35.9 Å². The van der Waals surface area contributed by atoms with Crippen LogP contribution in [0.5, 0.6) is 0 Å². The van der Waals surface area contributed by atoms with Gasteiger partial charge in [0.05, 0.1) is 55.4 Å². The molecule has 14 nitrogen and oxygen atoms in total. The highest BCUT2D eigenvalue weighted by molar-refractivity contribution is 5.78. The first kappa shape index (κ1) is 47.6. The van der Waals surface area contributed by atoms with Gasteiger partial charge in [-0.2, -0.15) is 0 Å². The molecule has 1 aliphatic carbocycles. The van der Waals surface area contributed by atoms with Crippen LogP contribution in [-0.4, -0.2) is 141 Å². The highest BCUT2D eigenvalue weighted by Crippen LogP contribution is 2.47. The fourth-order valence-electron chi connectivity index (χ4n) is 10.9. The summed E-state index contributed by atoms with van der Waals surface area (Å²) in [5.41, 5.74) is 0.176. The Morgan fingerprint density at radius 3 is 2.31 bits per heavy atom. The number of fused-ring (bicyclic) bond motifs is 2. The fraction of sp³-hybridized carbons (Fsp3) is 0.771. The number of likely N-dealkylation sites (N-methyl/N-ethyl adjacent to an activating group) is 1. The summed E-state index contributed by atoms with van der Waals surface area (Å²) >= 11 is 0. The first-order chi connectivity index (χ1) is 29.5. The summed E-state index contributed by atoms with van der Waals surface area (Å²) < 4.78 is 64.3. The Morgan fingerprint density at radius 2 is 1.60 bits per heavy atom. The average molecular weight is 872 g/mol. The quantitative estimate of drug-likeness (QED) is 0.215. The number of nitrogens with one attached hydrogen (secondary N) is 1. The predicted octanol–water partition coefficient (Wildman–Crippen LogP) is 5.21. The second-order valence-electron chi connectivity index (χ2n) is 19.1. The zero-order chi connectivity index (χ0) is 44.7. The fourth-order valence-corrected chi connectivity index (χ4v) is 10.9. The van der Waals surface area contributed by atoms with E-state index in [2.05, 4.69) is 52.1 Å². The maximum atomic E-state index is 14.3. The van der Waals surface area contributed by atoms with Gasteiger partial charge in [-0.15, -0.1) is 0 Å². The number of aliphatic hydroxyl groups is 2. The summed E-state index contributed by atoms with van der Waals surface area (Å²) in [6, 6.07) is 0.0445. The van der Waals surface area contributed by atoms with Gasteiger partial charge in [0, 0.05) is 51.7 Å². The van der Waals surface area contributed by atoms with Gasteiger partial charge in [-0.05, 0) is 69.9 Å². The lowest BCUT2D eigenvalue weighted by molar-refractivity contribution is -0.312. The Balaban J connectivity index is 1.17. The molecule has 3 N–H and O–H groups in total.